The number of aromatic nitrogens is 2. The molecule has 2 fully saturated rings. The van der Waals surface area contributed by atoms with Gasteiger partial charge in [0.25, 0.3) is 5.91 Å². The molecule has 1 aromatic heterocycles. The number of carbonyl (C=O) groups is 1. The fraction of sp³-hybridized carbons (Fsp3) is 0.389. The van der Waals surface area contributed by atoms with E-state index in [1.807, 2.05) is 0 Å². The highest BCUT2D eigenvalue weighted by Gasteiger charge is 2.44. The molecule has 0 spiro atoms. The van der Waals surface area contributed by atoms with Crippen LogP contribution in [0.3, 0.4) is 0 Å². The number of anilines is 2. The minimum Gasteiger partial charge on any atom is -0.365 e. The van der Waals surface area contributed by atoms with Crippen molar-refractivity contribution in [1.82, 2.24) is 15.0 Å². The highest BCUT2D eigenvalue weighted by Crippen LogP contribution is 2.36. The summed E-state index contributed by atoms with van der Waals surface area (Å²) in [6, 6.07) is 9.46. The maximum atomic E-state index is 11.7. The first-order chi connectivity index (χ1) is 12.0. The Balaban J connectivity index is 1.48. The van der Waals surface area contributed by atoms with Crippen molar-refractivity contribution in [2.24, 2.45) is 0 Å². The second-order valence-electron chi connectivity index (χ2n) is 6.79. The predicted molar refractivity (Wildman–Crippen MR) is 94.0 cm³/mol. The zero-order chi connectivity index (χ0) is 17.6. The van der Waals surface area contributed by atoms with E-state index in [0.717, 1.165) is 19.5 Å². The normalized spacial score (nSPS) is 21.7. The van der Waals surface area contributed by atoms with Crippen molar-refractivity contribution in [1.29, 1.82) is 0 Å². The molecule has 1 aromatic carbocycles. The molecule has 0 aliphatic carbocycles. The lowest BCUT2D eigenvalue weighted by atomic mass is 10.2. The van der Waals surface area contributed by atoms with E-state index in [1.54, 1.807) is 0 Å². The molecular formula is C18H21N5O2. The van der Waals surface area contributed by atoms with Crippen molar-refractivity contribution in [2.75, 3.05) is 29.9 Å². The third kappa shape index (κ3) is 2.80. The number of hydrogen-bond donors (Lipinski definition) is 1. The van der Waals surface area contributed by atoms with Gasteiger partial charge in [-0.15, -0.1) is 0 Å². The van der Waals surface area contributed by atoms with Gasteiger partial charge in [0.1, 0.15) is 0 Å². The number of carbonyl (C=O) groups excluding carboxylic acids is 1. The number of hydrogen-bond acceptors (Lipinski definition) is 6. The molecule has 2 bridgehead atoms. The van der Waals surface area contributed by atoms with Crippen LogP contribution < -0.4 is 9.80 Å². The Hall–Kier alpha value is -2.67. The average Bonchev–Trinajstić information content (AvgIpc) is 3.22. The highest BCUT2D eigenvalue weighted by atomic mass is 16.5. The van der Waals surface area contributed by atoms with Crippen molar-refractivity contribution in [3.63, 3.8) is 0 Å². The summed E-state index contributed by atoms with van der Waals surface area (Å²) in [4.78, 5) is 25.1. The number of piperazine rings is 1. The van der Waals surface area contributed by atoms with Gasteiger partial charge in [-0.1, -0.05) is 12.1 Å². The summed E-state index contributed by atoms with van der Waals surface area (Å²) in [5.74, 6) is 0.133. The highest BCUT2D eigenvalue weighted by molar-refractivity contribution is 5.92. The lowest BCUT2D eigenvalue weighted by Gasteiger charge is -2.35. The molecule has 7 nitrogen and oxygen atoms in total. The van der Waals surface area contributed by atoms with E-state index in [2.05, 4.69) is 51.0 Å². The molecule has 2 saturated heterocycles. The number of fused-ring (bicyclic) bond motifs is 2. The smallest absolute Gasteiger partial charge is 0.280 e. The van der Waals surface area contributed by atoms with Crippen molar-refractivity contribution in [3.05, 3.63) is 47.8 Å². The molecule has 7 heteroatoms. The van der Waals surface area contributed by atoms with Crippen molar-refractivity contribution >= 4 is 17.5 Å². The Kier molecular flexibility index (Phi) is 3.80. The van der Waals surface area contributed by atoms with E-state index in [4.69, 9.17) is 0 Å². The van der Waals surface area contributed by atoms with E-state index in [0.29, 0.717) is 23.1 Å². The molecule has 0 unspecified atom stereocenters. The molecule has 130 valence electrons. The number of nitrogens with zero attached hydrogens (tertiary/aromatic N) is 5. The summed E-state index contributed by atoms with van der Waals surface area (Å²) in [6.07, 6.45) is 4.04. The van der Waals surface area contributed by atoms with Crippen LogP contribution in [0.1, 0.15) is 22.3 Å². The second kappa shape index (κ2) is 6.00. The monoisotopic (exact) mass is 339 g/mol. The quantitative estimate of drug-likeness (QED) is 0.678. The van der Waals surface area contributed by atoms with E-state index in [1.165, 1.54) is 30.7 Å². The molecule has 0 radical (unpaired) electrons. The van der Waals surface area contributed by atoms with Crippen LogP contribution in [-0.2, 0) is 0 Å². The lowest BCUT2D eigenvalue weighted by molar-refractivity contribution is -0.0375. The molecule has 1 amide bonds. The maximum absolute atomic E-state index is 11.7. The van der Waals surface area contributed by atoms with Gasteiger partial charge in [0.15, 0.2) is 0 Å². The van der Waals surface area contributed by atoms with Gasteiger partial charge >= 0.3 is 0 Å². The molecule has 25 heavy (non-hydrogen) atoms. The molecule has 2 atom stereocenters. The predicted octanol–water partition coefficient (Wildman–Crippen LogP) is 1.71. The third-order valence-electron chi connectivity index (χ3n) is 5.01. The van der Waals surface area contributed by atoms with Crippen LogP contribution in [-0.4, -0.2) is 58.4 Å². The zero-order valence-corrected chi connectivity index (χ0v) is 14.3. The Morgan fingerprint density at radius 2 is 1.88 bits per heavy atom. The molecule has 2 aliphatic heterocycles. The fourth-order valence-electron chi connectivity index (χ4n) is 3.80. The topological polar surface area (TPSA) is 72.8 Å². The first-order valence-electron chi connectivity index (χ1n) is 8.42. The standard InChI is InChI=1S/C18H21N5O2/c1-12-4-3-5-14(6-12)22-10-16-7-15(22)11-23(16)18-19-8-13(9-20-18)17(24)21(2)25/h3-6,8-9,15-16,25H,7,10-11H2,1-2H3/t15-,16-/m1/s1. The summed E-state index contributed by atoms with van der Waals surface area (Å²) in [5.41, 5.74) is 2.83. The number of benzene rings is 1. The van der Waals surface area contributed by atoms with Gasteiger partial charge in [-0.25, -0.2) is 15.0 Å². The maximum Gasteiger partial charge on any atom is 0.280 e. The van der Waals surface area contributed by atoms with Crippen LogP contribution in [0.2, 0.25) is 0 Å². The van der Waals surface area contributed by atoms with Crippen LogP contribution in [0.15, 0.2) is 36.7 Å². The summed E-state index contributed by atoms with van der Waals surface area (Å²) < 4.78 is 0. The van der Waals surface area contributed by atoms with Crippen LogP contribution in [0, 0.1) is 6.92 Å². The van der Waals surface area contributed by atoms with Gasteiger partial charge < -0.3 is 9.80 Å². The van der Waals surface area contributed by atoms with Gasteiger partial charge in [-0.2, -0.15) is 0 Å². The summed E-state index contributed by atoms with van der Waals surface area (Å²) in [5, 5.41) is 9.75. The summed E-state index contributed by atoms with van der Waals surface area (Å²) in [7, 11) is 1.29. The summed E-state index contributed by atoms with van der Waals surface area (Å²) >= 11 is 0. The Labute approximate surface area is 146 Å². The molecule has 4 rings (SSSR count). The SMILES string of the molecule is Cc1cccc(N2C[C@H]3C[C@@H]2CN3c2ncc(C(=O)N(C)O)cn2)c1. The minimum absolute atomic E-state index is 0.277. The first-order valence-corrected chi connectivity index (χ1v) is 8.42. The van der Waals surface area contributed by atoms with Gasteiger partial charge in [0, 0.05) is 44.3 Å². The van der Waals surface area contributed by atoms with Gasteiger partial charge in [0.05, 0.1) is 11.6 Å². The Bertz CT molecular complexity index is 792. The third-order valence-corrected chi connectivity index (χ3v) is 5.01. The Morgan fingerprint density at radius 3 is 2.48 bits per heavy atom. The van der Waals surface area contributed by atoms with Crippen LogP contribution in [0.4, 0.5) is 11.6 Å². The molecule has 3 heterocycles. The van der Waals surface area contributed by atoms with Crippen LogP contribution in [0.25, 0.3) is 0 Å². The zero-order valence-electron chi connectivity index (χ0n) is 14.3. The fourth-order valence-corrected chi connectivity index (χ4v) is 3.80. The van der Waals surface area contributed by atoms with Crippen molar-refractivity contribution in [2.45, 2.75) is 25.4 Å². The van der Waals surface area contributed by atoms with Crippen LogP contribution >= 0.6 is 0 Å². The minimum atomic E-state index is -0.514. The van der Waals surface area contributed by atoms with Crippen LogP contribution in [0.5, 0.6) is 0 Å². The largest absolute Gasteiger partial charge is 0.365 e. The molecule has 0 saturated carbocycles. The van der Waals surface area contributed by atoms with Crippen molar-refractivity contribution < 1.29 is 10.0 Å². The van der Waals surface area contributed by atoms with E-state index < -0.39 is 5.91 Å². The summed E-state index contributed by atoms with van der Waals surface area (Å²) in [6.45, 7) is 3.95. The molecule has 1 N–H and O–H groups in total. The first kappa shape index (κ1) is 15.8. The number of aryl methyl sites for hydroxylation is 1. The van der Waals surface area contributed by atoms with Crippen molar-refractivity contribution in [3.8, 4) is 0 Å². The second-order valence-corrected chi connectivity index (χ2v) is 6.79. The molecule has 2 aromatic rings. The molecule has 2 aliphatic rings. The number of rotatable bonds is 3. The van der Waals surface area contributed by atoms with Gasteiger partial charge in [-0.05, 0) is 31.0 Å². The average molecular weight is 339 g/mol. The Morgan fingerprint density at radius 1 is 1.20 bits per heavy atom. The number of amides is 1. The van der Waals surface area contributed by atoms with Gasteiger partial charge in [-0.3, -0.25) is 10.0 Å². The molecular weight excluding hydrogens is 318 g/mol. The lowest BCUT2D eigenvalue weighted by Crippen LogP contribution is -2.47. The van der Waals surface area contributed by atoms with E-state index in [9.17, 15) is 10.0 Å². The van der Waals surface area contributed by atoms with E-state index >= 15 is 0 Å². The number of hydroxylamine groups is 2. The van der Waals surface area contributed by atoms with E-state index in [-0.39, 0.29) is 5.56 Å². The van der Waals surface area contributed by atoms with Gasteiger partial charge in [0.2, 0.25) is 5.95 Å².